The van der Waals surface area contributed by atoms with E-state index in [1.54, 1.807) is 6.92 Å². The number of carbonyl (C=O) groups is 1. The Bertz CT molecular complexity index is 352. The lowest BCUT2D eigenvalue weighted by Gasteiger charge is -2.07. The van der Waals surface area contributed by atoms with Crippen LogP contribution in [0.1, 0.15) is 31.4 Å². The van der Waals surface area contributed by atoms with Crippen molar-refractivity contribution in [1.82, 2.24) is 0 Å². The lowest BCUT2D eigenvalue weighted by Crippen LogP contribution is -2.13. The molecule has 1 aliphatic rings. The highest BCUT2D eigenvalue weighted by molar-refractivity contribution is 5.93. The zero-order chi connectivity index (χ0) is 10.8. The van der Waals surface area contributed by atoms with Crippen molar-refractivity contribution < 1.29 is 9.90 Å². The molecule has 1 aromatic carbocycles. The Morgan fingerprint density at radius 3 is 2.47 bits per heavy atom. The first-order chi connectivity index (χ1) is 7.16. The van der Waals surface area contributed by atoms with Gasteiger partial charge in [-0.15, -0.1) is 0 Å². The monoisotopic (exact) mass is 205 g/mol. The quantitative estimate of drug-likeness (QED) is 0.793. The zero-order valence-electron chi connectivity index (χ0n) is 8.73. The number of anilines is 1. The van der Waals surface area contributed by atoms with Crippen LogP contribution in [0.3, 0.4) is 0 Å². The molecule has 0 spiro atoms. The molecule has 1 aliphatic carbocycles. The van der Waals surface area contributed by atoms with E-state index in [2.05, 4.69) is 5.32 Å². The molecule has 0 bridgehead atoms. The van der Waals surface area contributed by atoms with Gasteiger partial charge >= 0.3 is 0 Å². The van der Waals surface area contributed by atoms with Gasteiger partial charge in [0.25, 0.3) is 0 Å². The molecule has 0 heterocycles. The average molecular weight is 205 g/mol. The minimum atomic E-state index is -0.460. The van der Waals surface area contributed by atoms with Gasteiger partial charge in [-0.05, 0) is 37.5 Å². The number of rotatable bonds is 3. The summed E-state index contributed by atoms with van der Waals surface area (Å²) in [5.41, 5.74) is 1.66. The fourth-order valence-electron chi connectivity index (χ4n) is 1.43. The molecule has 3 nitrogen and oxygen atoms in total. The minimum absolute atomic E-state index is 0.111. The zero-order valence-corrected chi connectivity index (χ0v) is 8.73. The van der Waals surface area contributed by atoms with Gasteiger partial charge in [-0.3, -0.25) is 4.79 Å². The predicted octanol–water partition coefficient (Wildman–Crippen LogP) is 2.09. The van der Waals surface area contributed by atoms with Crippen molar-refractivity contribution in [3.63, 3.8) is 0 Å². The summed E-state index contributed by atoms with van der Waals surface area (Å²) in [6, 6.07) is 7.30. The first-order valence-electron chi connectivity index (χ1n) is 5.25. The van der Waals surface area contributed by atoms with Crippen LogP contribution in [0.2, 0.25) is 0 Å². The first-order valence-corrected chi connectivity index (χ1v) is 5.25. The Labute approximate surface area is 89.1 Å². The molecule has 3 heteroatoms. The number of hydrogen-bond donors (Lipinski definition) is 2. The van der Waals surface area contributed by atoms with Gasteiger partial charge in [0.1, 0.15) is 0 Å². The molecular formula is C12H15NO2. The Morgan fingerprint density at radius 2 is 2.00 bits per heavy atom. The van der Waals surface area contributed by atoms with E-state index in [0.717, 1.165) is 24.1 Å². The minimum Gasteiger partial charge on any atom is -0.389 e. The Balaban J connectivity index is 2.00. The third-order valence-corrected chi connectivity index (χ3v) is 2.61. The summed E-state index contributed by atoms with van der Waals surface area (Å²) in [6.07, 6.45) is 1.56. The molecule has 0 saturated heterocycles. The molecule has 0 radical (unpaired) electrons. The highest BCUT2D eigenvalue weighted by Gasteiger charge is 2.29. The number of aliphatic hydroxyl groups is 1. The lowest BCUT2D eigenvalue weighted by molar-refractivity contribution is -0.117. The van der Waals surface area contributed by atoms with Gasteiger partial charge in [-0.2, -0.15) is 0 Å². The van der Waals surface area contributed by atoms with E-state index >= 15 is 0 Å². The SMILES string of the molecule is C[C@@H](O)c1ccc(NC(=O)C2CC2)cc1. The predicted molar refractivity (Wildman–Crippen MR) is 58.4 cm³/mol. The molecule has 0 aliphatic heterocycles. The van der Waals surface area contributed by atoms with E-state index in [1.165, 1.54) is 0 Å². The van der Waals surface area contributed by atoms with Crippen molar-refractivity contribution in [2.75, 3.05) is 5.32 Å². The van der Waals surface area contributed by atoms with Crippen LogP contribution in [0.15, 0.2) is 24.3 Å². The van der Waals surface area contributed by atoms with Gasteiger partial charge in [-0.1, -0.05) is 12.1 Å². The summed E-state index contributed by atoms with van der Waals surface area (Å²) < 4.78 is 0. The van der Waals surface area contributed by atoms with Gasteiger partial charge in [0.2, 0.25) is 5.91 Å². The number of carbonyl (C=O) groups excluding carboxylic acids is 1. The van der Waals surface area contributed by atoms with Crippen molar-refractivity contribution in [1.29, 1.82) is 0 Å². The van der Waals surface area contributed by atoms with Gasteiger partial charge in [0.05, 0.1) is 6.10 Å². The van der Waals surface area contributed by atoms with Crippen LogP contribution in [0.5, 0.6) is 0 Å². The fourth-order valence-corrected chi connectivity index (χ4v) is 1.43. The summed E-state index contributed by atoms with van der Waals surface area (Å²) in [4.78, 5) is 11.4. The van der Waals surface area contributed by atoms with Gasteiger partial charge in [0.15, 0.2) is 0 Å². The van der Waals surface area contributed by atoms with Crippen LogP contribution in [0.4, 0.5) is 5.69 Å². The summed E-state index contributed by atoms with van der Waals surface area (Å²) in [5, 5.41) is 12.2. The third-order valence-electron chi connectivity index (χ3n) is 2.61. The topological polar surface area (TPSA) is 49.3 Å². The van der Waals surface area contributed by atoms with Gasteiger partial charge in [0, 0.05) is 11.6 Å². The van der Waals surface area contributed by atoms with Crippen LogP contribution in [-0.4, -0.2) is 11.0 Å². The largest absolute Gasteiger partial charge is 0.389 e. The Morgan fingerprint density at radius 1 is 1.40 bits per heavy atom. The molecule has 2 rings (SSSR count). The van der Waals surface area contributed by atoms with Crippen molar-refractivity contribution in [2.45, 2.75) is 25.9 Å². The smallest absolute Gasteiger partial charge is 0.227 e. The second-order valence-corrected chi connectivity index (χ2v) is 4.06. The summed E-state index contributed by atoms with van der Waals surface area (Å²) in [6.45, 7) is 1.72. The van der Waals surface area contributed by atoms with Gasteiger partial charge < -0.3 is 10.4 Å². The van der Waals surface area contributed by atoms with Crippen molar-refractivity contribution >= 4 is 11.6 Å². The maximum atomic E-state index is 11.4. The lowest BCUT2D eigenvalue weighted by atomic mass is 10.1. The molecule has 2 N–H and O–H groups in total. The summed E-state index contributed by atoms with van der Waals surface area (Å²) in [7, 11) is 0. The second kappa shape index (κ2) is 4.03. The van der Waals surface area contributed by atoms with E-state index in [1.807, 2.05) is 24.3 Å². The van der Waals surface area contributed by atoms with Gasteiger partial charge in [-0.25, -0.2) is 0 Å². The van der Waals surface area contributed by atoms with E-state index in [9.17, 15) is 9.90 Å². The highest BCUT2D eigenvalue weighted by Crippen LogP contribution is 2.30. The molecule has 1 amide bonds. The van der Waals surface area contributed by atoms with E-state index in [0.29, 0.717) is 0 Å². The number of amides is 1. The molecule has 0 unspecified atom stereocenters. The average Bonchev–Trinajstić information content (AvgIpc) is 3.01. The van der Waals surface area contributed by atoms with Crippen LogP contribution in [0, 0.1) is 5.92 Å². The van der Waals surface area contributed by atoms with Crippen molar-refractivity contribution in [2.24, 2.45) is 5.92 Å². The highest BCUT2D eigenvalue weighted by atomic mass is 16.3. The maximum Gasteiger partial charge on any atom is 0.227 e. The molecule has 1 aromatic rings. The molecule has 1 fully saturated rings. The number of nitrogens with one attached hydrogen (secondary N) is 1. The van der Waals surface area contributed by atoms with E-state index in [-0.39, 0.29) is 11.8 Å². The first kappa shape index (κ1) is 10.2. The molecule has 1 atom stereocenters. The maximum absolute atomic E-state index is 11.4. The number of aliphatic hydroxyl groups excluding tert-OH is 1. The van der Waals surface area contributed by atoms with Crippen molar-refractivity contribution in [3.8, 4) is 0 Å². The molecule has 0 aromatic heterocycles. The Kier molecular flexibility index (Phi) is 2.73. The van der Waals surface area contributed by atoms with E-state index in [4.69, 9.17) is 0 Å². The number of hydrogen-bond acceptors (Lipinski definition) is 2. The van der Waals surface area contributed by atoms with E-state index < -0.39 is 6.10 Å². The fraction of sp³-hybridized carbons (Fsp3) is 0.417. The standard InChI is InChI=1S/C12H15NO2/c1-8(14)9-4-6-11(7-5-9)13-12(15)10-2-3-10/h4-8,10,14H,2-3H2,1H3,(H,13,15)/t8-/m1/s1. The molecule has 80 valence electrons. The van der Waals surface area contributed by atoms with Crippen LogP contribution in [-0.2, 0) is 4.79 Å². The summed E-state index contributed by atoms with van der Waals surface area (Å²) in [5.74, 6) is 0.334. The summed E-state index contributed by atoms with van der Waals surface area (Å²) >= 11 is 0. The molecule has 15 heavy (non-hydrogen) atoms. The molecular weight excluding hydrogens is 190 g/mol. The normalized spacial score (nSPS) is 17.2. The Hall–Kier alpha value is -1.35. The van der Waals surface area contributed by atoms with Crippen LogP contribution in [0.25, 0.3) is 0 Å². The number of benzene rings is 1. The van der Waals surface area contributed by atoms with Crippen molar-refractivity contribution in [3.05, 3.63) is 29.8 Å². The van der Waals surface area contributed by atoms with Crippen LogP contribution < -0.4 is 5.32 Å². The molecule has 1 saturated carbocycles. The second-order valence-electron chi connectivity index (χ2n) is 4.06. The van der Waals surface area contributed by atoms with Crippen LogP contribution >= 0.6 is 0 Å². The third kappa shape index (κ3) is 2.57.